The molecule has 2 aromatic heterocycles. The molecule has 1 N–H and O–H groups in total. The van der Waals surface area contributed by atoms with E-state index in [1.54, 1.807) is 29.9 Å². The fourth-order valence-electron chi connectivity index (χ4n) is 1.21. The largest absolute Gasteiger partial charge is 0.368 e. The highest BCUT2D eigenvalue weighted by atomic mass is 32.1. The normalized spacial score (nSPS) is 12.3. The monoisotopic (exact) mass is 220 g/mol. The Labute approximate surface area is 92.4 Å². The van der Waals surface area contributed by atoms with E-state index < -0.39 is 0 Å². The van der Waals surface area contributed by atoms with Gasteiger partial charge in [0.15, 0.2) is 0 Å². The van der Waals surface area contributed by atoms with Crippen molar-refractivity contribution in [1.29, 1.82) is 0 Å². The number of aromatic nitrogens is 3. The van der Waals surface area contributed by atoms with Crippen LogP contribution in [0.15, 0.2) is 30.2 Å². The Morgan fingerprint density at radius 2 is 2.27 bits per heavy atom. The van der Waals surface area contributed by atoms with Crippen molar-refractivity contribution in [1.82, 2.24) is 15.0 Å². The summed E-state index contributed by atoms with van der Waals surface area (Å²) in [7, 11) is 0. The minimum absolute atomic E-state index is 0.395. The fourth-order valence-corrected chi connectivity index (χ4v) is 1.91. The van der Waals surface area contributed by atoms with Crippen LogP contribution < -0.4 is 5.32 Å². The standard InChI is InChI=1S/C10H12N4S/c1-8(10-13-4-5-15-10)6-14-9-7-11-2-3-12-9/h2-5,7-8H,6H2,1H3,(H,12,14). The average molecular weight is 220 g/mol. The summed E-state index contributed by atoms with van der Waals surface area (Å²) < 4.78 is 0. The van der Waals surface area contributed by atoms with E-state index >= 15 is 0 Å². The van der Waals surface area contributed by atoms with Gasteiger partial charge in [-0.1, -0.05) is 6.92 Å². The minimum atomic E-state index is 0.395. The van der Waals surface area contributed by atoms with E-state index in [1.165, 1.54) is 0 Å². The van der Waals surface area contributed by atoms with Crippen molar-refractivity contribution in [3.8, 4) is 0 Å². The fraction of sp³-hybridized carbons (Fsp3) is 0.300. The summed E-state index contributed by atoms with van der Waals surface area (Å²) in [4.78, 5) is 12.4. The highest BCUT2D eigenvalue weighted by Crippen LogP contribution is 2.17. The van der Waals surface area contributed by atoms with Crippen LogP contribution in [-0.4, -0.2) is 21.5 Å². The molecule has 1 unspecified atom stereocenters. The second-order valence-electron chi connectivity index (χ2n) is 3.24. The molecule has 0 saturated carbocycles. The molecule has 2 heterocycles. The Morgan fingerprint density at radius 3 is 2.93 bits per heavy atom. The zero-order chi connectivity index (χ0) is 10.5. The molecule has 0 fully saturated rings. The van der Waals surface area contributed by atoms with Crippen LogP contribution in [0.1, 0.15) is 17.8 Å². The van der Waals surface area contributed by atoms with Crippen molar-refractivity contribution < 1.29 is 0 Å². The molecule has 78 valence electrons. The maximum Gasteiger partial charge on any atom is 0.144 e. The van der Waals surface area contributed by atoms with Gasteiger partial charge >= 0.3 is 0 Å². The lowest BCUT2D eigenvalue weighted by Gasteiger charge is -2.09. The minimum Gasteiger partial charge on any atom is -0.368 e. The number of hydrogen-bond acceptors (Lipinski definition) is 5. The van der Waals surface area contributed by atoms with E-state index in [0.29, 0.717) is 5.92 Å². The first kappa shape index (κ1) is 10.0. The van der Waals surface area contributed by atoms with Crippen LogP contribution in [-0.2, 0) is 0 Å². The van der Waals surface area contributed by atoms with Crippen molar-refractivity contribution in [3.05, 3.63) is 35.2 Å². The first-order valence-electron chi connectivity index (χ1n) is 4.75. The lowest BCUT2D eigenvalue weighted by Crippen LogP contribution is -2.10. The number of nitrogens with one attached hydrogen (secondary N) is 1. The van der Waals surface area contributed by atoms with E-state index in [9.17, 15) is 0 Å². The highest BCUT2D eigenvalue weighted by Gasteiger charge is 2.07. The van der Waals surface area contributed by atoms with Gasteiger partial charge in [0, 0.05) is 36.4 Å². The van der Waals surface area contributed by atoms with Gasteiger partial charge in [-0.25, -0.2) is 9.97 Å². The summed E-state index contributed by atoms with van der Waals surface area (Å²) in [6.07, 6.45) is 6.89. The smallest absolute Gasteiger partial charge is 0.144 e. The maximum absolute atomic E-state index is 4.27. The molecule has 4 nitrogen and oxygen atoms in total. The van der Waals surface area contributed by atoms with Crippen LogP contribution >= 0.6 is 11.3 Å². The Bertz CT molecular complexity index is 387. The van der Waals surface area contributed by atoms with E-state index in [-0.39, 0.29) is 0 Å². The first-order valence-corrected chi connectivity index (χ1v) is 5.63. The van der Waals surface area contributed by atoms with Gasteiger partial charge in [0.2, 0.25) is 0 Å². The predicted molar refractivity (Wildman–Crippen MR) is 61.1 cm³/mol. The molecular weight excluding hydrogens is 208 g/mol. The van der Waals surface area contributed by atoms with Crippen molar-refractivity contribution in [3.63, 3.8) is 0 Å². The van der Waals surface area contributed by atoms with Crippen LogP contribution in [0.25, 0.3) is 0 Å². The van der Waals surface area contributed by atoms with E-state index in [1.807, 2.05) is 11.6 Å². The number of thiazole rings is 1. The Morgan fingerprint density at radius 1 is 1.33 bits per heavy atom. The summed E-state index contributed by atoms with van der Waals surface area (Å²) in [6, 6.07) is 0. The van der Waals surface area contributed by atoms with Crippen LogP contribution in [0.2, 0.25) is 0 Å². The Kier molecular flexibility index (Phi) is 3.24. The molecule has 0 aliphatic carbocycles. The van der Waals surface area contributed by atoms with Crippen molar-refractivity contribution in [2.45, 2.75) is 12.8 Å². The van der Waals surface area contributed by atoms with Gasteiger partial charge in [0.25, 0.3) is 0 Å². The van der Waals surface area contributed by atoms with E-state index in [4.69, 9.17) is 0 Å². The van der Waals surface area contributed by atoms with Crippen LogP contribution in [0, 0.1) is 0 Å². The van der Waals surface area contributed by atoms with E-state index in [2.05, 4.69) is 27.2 Å². The number of rotatable bonds is 4. The molecule has 2 aromatic rings. The Balaban J connectivity index is 1.89. The summed E-state index contributed by atoms with van der Waals surface area (Å²) >= 11 is 1.68. The average Bonchev–Trinajstić information content (AvgIpc) is 2.81. The van der Waals surface area contributed by atoms with Crippen LogP contribution in [0.3, 0.4) is 0 Å². The molecule has 0 aliphatic heterocycles. The van der Waals surface area contributed by atoms with Crippen molar-refractivity contribution in [2.75, 3.05) is 11.9 Å². The molecule has 5 heteroatoms. The third kappa shape index (κ3) is 2.73. The quantitative estimate of drug-likeness (QED) is 0.857. The van der Waals surface area contributed by atoms with Crippen LogP contribution in [0.5, 0.6) is 0 Å². The van der Waals surface area contributed by atoms with Crippen molar-refractivity contribution in [2.24, 2.45) is 0 Å². The van der Waals surface area contributed by atoms with Gasteiger partial charge in [-0.3, -0.25) is 4.98 Å². The van der Waals surface area contributed by atoms with Gasteiger partial charge in [-0.2, -0.15) is 0 Å². The van der Waals surface area contributed by atoms with Gasteiger partial charge in [0.1, 0.15) is 5.82 Å². The molecule has 0 spiro atoms. The summed E-state index contributed by atoms with van der Waals surface area (Å²) in [6.45, 7) is 2.97. The third-order valence-corrected chi connectivity index (χ3v) is 3.03. The molecule has 0 saturated heterocycles. The van der Waals surface area contributed by atoms with Gasteiger partial charge in [0.05, 0.1) is 11.2 Å². The molecule has 0 aliphatic rings. The predicted octanol–water partition coefficient (Wildman–Crippen LogP) is 2.15. The number of hydrogen-bond donors (Lipinski definition) is 1. The first-order chi connectivity index (χ1) is 7.36. The molecule has 1 atom stereocenters. The maximum atomic E-state index is 4.27. The Hall–Kier alpha value is -1.49. The molecular formula is C10H12N4S. The molecule has 0 radical (unpaired) electrons. The second-order valence-corrected chi connectivity index (χ2v) is 4.17. The van der Waals surface area contributed by atoms with Crippen LogP contribution in [0.4, 0.5) is 5.82 Å². The highest BCUT2D eigenvalue weighted by molar-refractivity contribution is 7.09. The van der Waals surface area contributed by atoms with E-state index in [0.717, 1.165) is 17.4 Å². The zero-order valence-corrected chi connectivity index (χ0v) is 9.24. The molecule has 15 heavy (non-hydrogen) atoms. The zero-order valence-electron chi connectivity index (χ0n) is 8.42. The third-order valence-electron chi connectivity index (χ3n) is 2.03. The summed E-state index contributed by atoms with van der Waals surface area (Å²) in [5, 5.41) is 6.36. The summed E-state index contributed by atoms with van der Waals surface area (Å²) in [5.41, 5.74) is 0. The van der Waals surface area contributed by atoms with Gasteiger partial charge in [-0.15, -0.1) is 11.3 Å². The number of anilines is 1. The van der Waals surface area contributed by atoms with Gasteiger partial charge < -0.3 is 5.32 Å². The van der Waals surface area contributed by atoms with Gasteiger partial charge in [-0.05, 0) is 0 Å². The topological polar surface area (TPSA) is 50.7 Å². The molecule has 2 rings (SSSR count). The molecule has 0 bridgehead atoms. The lowest BCUT2D eigenvalue weighted by molar-refractivity contribution is 0.791. The number of nitrogens with zero attached hydrogens (tertiary/aromatic N) is 3. The lowest BCUT2D eigenvalue weighted by atomic mass is 10.2. The SMILES string of the molecule is CC(CNc1cnccn1)c1nccs1. The second kappa shape index (κ2) is 4.84. The summed E-state index contributed by atoms with van der Waals surface area (Å²) in [5.74, 6) is 1.20. The molecule has 0 amide bonds. The molecule has 0 aromatic carbocycles. The van der Waals surface area contributed by atoms with Crippen molar-refractivity contribution >= 4 is 17.2 Å².